The zero-order chi connectivity index (χ0) is 30.3. The van der Waals surface area contributed by atoms with E-state index < -0.39 is 28.5 Å². The minimum absolute atomic E-state index is 0.00533. The van der Waals surface area contributed by atoms with Crippen LogP contribution in [0.25, 0.3) is 0 Å². The molecule has 0 radical (unpaired) electrons. The van der Waals surface area contributed by atoms with Gasteiger partial charge in [0.05, 0.1) is 10.6 Å². The van der Waals surface area contributed by atoms with Gasteiger partial charge in [0.2, 0.25) is 11.8 Å². The second kappa shape index (κ2) is 14.2. The van der Waals surface area contributed by atoms with Crippen LogP contribution in [0.3, 0.4) is 0 Å². The first kappa shape index (κ1) is 32.4. The highest BCUT2D eigenvalue weighted by Crippen LogP contribution is 2.29. The third kappa shape index (κ3) is 8.24. The zero-order valence-electron chi connectivity index (χ0n) is 24.0. The van der Waals surface area contributed by atoms with Crippen LogP contribution >= 0.6 is 23.2 Å². The van der Waals surface area contributed by atoms with Gasteiger partial charge in [0, 0.05) is 23.1 Å². The molecule has 0 saturated carbocycles. The topological polar surface area (TPSA) is 86.8 Å². The molecule has 0 spiro atoms. The van der Waals surface area contributed by atoms with Crippen molar-refractivity contribution < 1.29 is 18.0 Å². The predicted molar refractivity (Wildman–Crippen MR) is 166 cm³/mol. The number of amides is 2. The Morgan fingerprint density at radius 3 is 2.20 bits per heavy atom. The zero-order valence-corrected chi connectivity index (χ0v) is 26.4. The van der Waals surface area contributed by atoms with Crippen LogP contribution < -0.4 is 9.62 Å². The number of carbonyl (C=O) groups is 2. The predicted octanol–water partition coefficient (Wildman–Crippen LogP) is 6.39. The number of hydrogen-bond donors (Lipinski definition) is 1. The lowest BCUT2D eigenvalue weighted by Crippen LogP contribution is -2.52. The first-order chi connectivity index (χ1) is 19.3. The Balaban J connectivity index is 2.08. The Morgan fingerprint density at radius 2 is 1.61 bits per heavy atom. The molecule has 0 unspecified atom stereocenters. The minimum Gasteiger partial charge on any atom is -0.354 e. The first-order valence-electron chi connectivity index (χ1n) is 13.5. The molecule has 3 aromatic rings. The van der Waals surface area contributed by atoms with E-state index in [0.29, 0.717) is 39.8 Å². The summed E-state index contributed by atoms with van der Waals surface area (Å²) >= 11 is 12.6. The van der Waals surface area contributed by atoms with Gasteiger partial charge < -0.3 is 10.2 Å². The van der Waals surface area contributed by atoms with Crippen molar-refractivity contribution in [3.05, 3.63) is 93.5 Å². The summed E-state index contributed by atoms with van der Waals surface area (Å²) in [5.41, 5.74) is 2.56. The maximum atomic E-state index is 14.2. The molecule has 0 aliphatic heterocycles. The summed E-state index contributed by atoms with van der Waals surface area (Å²) in [4.78, 5) is 29.0. The number of benzene rings is 3. The normalized spacial score (nSPS) is 12.2. The standard InChI is InChI=1S/C31H37Cl2N3O4S/c1-6-28(31(38)34-18-21(2)3)35(19-24-13-14-25(32)17-27(24)33)30(37)20-36(29-10-8-7-9-23(29)5)41(39,40)26-15-11-22(4)12-16-26/h7-17,21,28H,6,18-20H2,1-5H3,(H,34,38)/t28-/m0/s1. The molecular formula is C31H37Cl2N3O4S. The van der Waals surface area contributed by atoms with E-state index in [4.69, 9.17) is 23.2 Å². The molecule has 1 N–H and O–H groups in total. The van der Waals surface area contributed by atoms with E-state index in [0.717, 1.165) is 9.87 Å². The monoisotopic (exact) mass is 617 g/mol. The molecule has 10 heteroatoms. The SMILES string of the molecule is CC[C@@H](C(=O)NCC(C)C)N(Cc1ccc(Cl)cc1Cl)C(=O)CN(c1ccccc1C)S(=O)(=O)c1ccc(C)cc1. The third-order valence-electron chi connectivity index (χ3n) is 6.70. The number of rotatable bonds is 12. The number of carbonyl (C=O) groups excluding carboxylic acids is 2. The van der Waals surface area contributed by atoms with Crippen LogP contribution in [0.4, 0.5) is 5.69 Å². The summed E-state index contributed by atoms with van der Waals surface area (Å²) in [7, 11) is -4.14. The fraction of sp³-hybridized carbons (Fsp3) is 0.355. The molecule has 0 saturated heterocycles. The number of aryl methyl sites for hydroxylation is 2. The van der Waals surface area contributed by atoms with E-state index in [1.807, 2.05) is 27.7 Å². The quantitative estimate of drug-likeness (QED) is 0.255. The fourth-order valence-corrected chi connectivity index (χ4v) is 6.32. The number of nitrogens with one attached hydrogen (secondary N) is 1. The highest BCUT2D eigenvalue weighted by molar-refractivity contribution is 7.92. The van der Waals surface area contributed by atoms with Crippen molar-refractivity contribution in [3.63, 3.8) is 0 Å². The third-order valence-corrected chi connectivity index (χ3v) is 9.06. The van der Waals surface area contributed by atoms with Crippen molar-refractivity contribution in [2.75, 3.05) is 17.4 Å². The molecule has 0 aromatic heterocycles. The Kier molecular flexibility index (Phi) is 11.2. The lowest BCUT2D eigenvalue weighted by Gasteiger charge is -2.34. The lowest BCUT2D eigenvalue weighted by atomic mass is 10.1. The van der Waals surface area contributed by atoms with E-state index in [9.17, 15) is 18.0 Å². The van der Waals surface area contributed by atoms with Gasteiger partial charge >= 0.3 is 0 Å². The van der Waals surface area contributed by atoms with E-state index in [-0.39, 0.29) is 23.3 Å². The van der Waals surface area contributed by atoms with Gasteiger partial charge in [0.25, 0.3) is 10.0 Å². The van der Waals surface area contributed by atoms with Gasteiger partial charge in [0.15, 0.2) is 0 Å². The second-order valence-corrected chi connectivity index (χ2v) is 13.1. The summed E-state index contributed by atoms with van der Waals surface area (Å²) in [5.74, 6) is -0.646. The molecule has 2 amide bonds. The van der Waals surface area contributed by atoms with Crippen LogP contribution in [-0.2, 0) is 26.2 Å². The largest absolute Gasteiger partial charge is 0.354 e. The molecular weight excluding hydrogens is 581 g/mol. The summed E-state index contributed by atoms with van der Waals surface area (Å²) in [6.45, 7) is 9.35. The molecule has 0 aliphatic rings. The average Bonchev–Trinajstić information content (AvgIpc) is 2.92. The van der Waals surface area contributed by atoms with Crippen molar-refractivity contribution in [2.45, 2.75) is 58.5 Å². The van der Waals surface area contributed by atoms with Crippen LogP contribution in [0.1, 0.15) is 43.9 Å². The molecule has 0 aliphatic carbocycles. The van der Waals surface area contributed by atoms with Gasteiger partial charge in [-0.25, -0.2) is 8.42 Å². The molecule has 3 rings (SSSR count). The number of para-hydroxylation sites is 1. The number of sulfonamides is 1. The Morgan fingerprint density at radius 1 is 0.951 bits per heavy atom. The molecule has 3 aromatic carbocycles. The highest BCUT2D eigenvalue weighted by Gasteiger charge is 2.34. The van der Waals surface area contributed by atoms with Crippen molar-refractivity contribution in [2.24, 2.45) is 5.92 Å². The van der Waals surface area contributed by atoms with E-state index in [2.05, 4.69) is 5.32 Å². The number of nitrogens with zero attached hydrogens (tertiary/aromatic N) is 2. The summed E-state index contributed by atoms with van der Waals surface area (Å²) < 4.78 is 29.1. The number of anilines is 1. The van der Waals surface area contributed by atoms with Gasteiger partial charge in [-0.05, 0) is 67.6 Å². The maximum Gasteiger partial charge on any atom is 0.264 e. The molecule has 0 heterocycles. The van der Waals surface area contributed by atoms with Crippen molar-refractivity contribution in [1.82, 2.24) is 10.2 Å². The number of halogens is 2. The van der Waals surface area contributed by atoms with Crippen LogP contribution in [0, 0.1) is 19.8 Å². The Hall–Kier alpha value is -3.07. The van der Waals surface area contributed by atoms with Crippen LogP contribution in [0.2, 0.25) is 10.0 Å². The van der Waals surface area contributed by atoms with Crippen molar-refractivity contribution in [1.29, 1.82) is 0 Å². The number of hydrogen-bond acceptors (Lipinski definition) is 4. The van der Waals surface area contributed by atoms with E-state index in [1.165, 1.54) is 17.0 Å². The fourth-order valence-electron chi connectivity index (χ4n) is 4.37. The van der Waals surface area contributed by atoms with E-state index in [1.54, 1.807) is 61.5 Å². The van der Waals surface area contributed by atoms with Crippen LogP contribution in [0.5, 0.6) is 0 Å². The minimum atomic E-state index is -4.14. The smallest absolute Gasteiger partial charge is 0.264 e. The summed E-state index contributed by atoms with van der Waals surface area (Å²) in [5, 5.41) is 3.70. The van der Waals surface area contributed by atoms with Crippen LogP contribution in [-0.4, -0.2) is 44.3 Å². The molecule has 0 bridgehead atoms. The molecule has 41 heavy (non-hydrogen) atoms. The molecule has 1 atom stereocenters. The summed E-state index contributed by atoms with van der Waals surface area (Å²) in [6, 6.07) is 17.5. The molecule has 220 valence electrons. The Bertz CT molecular complexity index is 1480. The van der Waals surface area contributed by atoms with Crippen LogP contribution in [0.15, 0.2) is 71.6 Å². The lowest BCUT2D eigenvalue weighted by molar-refractivity contribution is -0.140. The summed E-state index contributed by atoms with van der Waals surface area (Å²) in [6.07, 6.45) is 0.315. The second-order valence-electron chi connectivity index (χ2n) is 10.4. The van der Waals surface area contributed by atoms with Gasteiger partial charge in [0.1, 0.15) is 12.6 Å². The average molecular weight is 619 g/mol. The van der Waals surface area contributed by atoms with Crippen molar-refractivity contribution >= 4 is 50.7 Å². The van der Waals surface area contributed by atoms with Crippen molar-refractivity contribution in [3.8, 4) is 0 Å². The molecule has 0 fully saturated rings. The first-order valence-corrected chi connectivity index (χ1v) is 15.7. The van der Waals surface area contributed by atoms with Gasteiger partial charge in [-0.3, -0.25) is 13.9 Å². The maximum absolute atomic E-state index is 14.2. The van der Waals surface area contributed by atoms with Gasteiger partial charge in [-0.2, -0.15) is 0 Å². The molecule has 7 nitrogen and oxygen atoms in total. The Labute approximate surface area is 253 Å². The highest BCUT2D eigenvalue weighted by atomic mass is 35.5. The van der Waals surface area contributed by atoms with Gasteiger partial charge in [-0.15, -0.1) is 0 Å². The van der Waals surface area contributed by atoms with E-state index >= 15 is 0 Å². The van der Waals surface area contributed by atoms with Gasteiger partial charge in [-0.1, -0.05) is 85.9 Å².